The van der Waals surface area contributed by atoms with Crippen LogP contribution >= 0.6 is 11.3 Å². The number of hydrogen-bond acceptors (Lipinski definition) is 9. The van der Waals surface area contributed by atoms with E-state index in [-0.39, 0.29) is 22.6 Å². The molecule has 170 valence electrons. The normalized spacial score (nSPS) is 11.6. The molecule has 4 rings (SSSR count). The summed E-state index contributed by atoms with van der Waals surface area (Å²) in [4.78, 5) is 29.9. The predicted molar refractivity (Wildman–Crippen MR) is 124 cm³/mol. The van der Waals surface area contributed by atoms with Crippen LogP contribution in [0.2, 0.25) is 0 Å². The molecule has 0 unspecified atom stereocenters. The van der Waals surface area contributed by atoms with E-state index in [4.69, 9.17) is 18.9 Å². The number of thiazole rings is 1. The lowest BCUT2D eigenvalue weighted by Crippen LogP contribution is -2.28. The van der Waals surface area contributed by atoms with Gasteiger partial charge in [-0.15, -0.1) is 0 Å². The molecule has 4 aromatic rings. The molecular formula is C23H21N3O6S. The van der Waals surface area contributed by atoms with Gasteiger partial charge in [-0.3, -0.25) is 9.59 Å². The van der Waals surface area contributed by atoms with Crippen molar-refractivity contribution in [3.63, 3.8) is 0 Å². The number of benzene rings is 2. The molecule has 0 aliphatic rings. The molecule has 10 heteroatoms. The molecule has 2 aromatic carbocycles. The highest BCUT2D eigenvalue weighted by atomic mass is 32.1. The van der Waals surface area contributed by atoms with Crippen molar-refractivity contribution in [1.82, 2.24) is 14.6 Å². The lowest BCUT2D eigenvalue weighted by Gasteiger charge is -2.09. The lowest BCUT2D eigenvalue weighted by molar-refractivity contribution is 0.354. The molecule has 0 fully saturated rings. The van der Waals surface area contributed by atoms with E-state index in [0.29, 0.717) is 33.1 Å². The first-order valence-corrected chi connectivity index (χ1v) is 10.7. The summed E-state index contributed by atoms with van der Waals surface area (Å²) in [7, 11) is 6.15. The van der Waals surface area contributed by atoms with E-state index in [2.05, 4.69) is 10.1 Å². The molecule has 0 bridgehead atoms. The average molecular weight is 468 g/mol. The van der Waals surface area contributed by atoms with Crippen LogP contribution in [0.25, 0.3) is 11.0 Å². The fraction of sp³-hybridized carbons (Fsp3) is 0.217. The van der Waals surface area contributed by atoms with Crippen molar-refractivity contribution in [2.24, 2.45) is 0 Å². The largest absolute Gasteiger partial charge is 0.493 e. The quantitative estimate of drug-likeness (QED) is 0.405. The van der Waals surface area contributed by atoms with Crippen molar-refractivity contribution in [1.29, 1.82) is 0 Å². The molecular weight excluding hydrogens is 446 g/mol. The molecule has 0 saturated heterocycles. The number of fused-ring (bicyclic) bond motifs is 1. The molecule has 0 radical (unpaired) electrons. The van der Waals surface area contributed by atoms with Crippen LogP contribution in [0, 0.1) is 0 Å². The molecule has 2 aromatic heterocycles. The Morgan fingerprint density at radius 1 is 0.939 bits per heavy atom. The van der Waals surface area contributed by atoms with Crippen molar-refractivity contribution < 1.29 is 18.9 Å². The van der Waals surface area contributed by atoms with Gasteiger partial charge in [0.05, 0.1) is 33.0 Å². The number of aromatic nitrogens is 3. The van der Waals surface area contributed by atoms with Crippen molar-refractivity contribution >= 4 is 22.4 Å². The number of hydrogen-bond donors (Lipinski definition) is 0. The second-order valence-corrected chi connectivity index (χ2v) is 7.93. The van der Waals surface area contributed by atoms with Gasteiger partial charge in [0, 0.05) is 12.0 Å². The summed E-state index contributed by atoms with van der Waals surface area (Å²) in [6, 6.07) is 10.7. The molecule has 0 atom stereocenters. The second-order valence-electron chi connectivity index (χ2n) is 6.92. The fourth-order valence-corrected chi connectivity index (χ4v) is 4.30. The zero-order valence-corrected chi connectivity index (χ0v) is 19.3. The van der Waals surface area contributed by atoms with Gasteiger partial charge in [0.2, 0.25) is 4.96 Å². The Labute approximate surface area is 192 Å². The number of ether oxygens (including phenoxy) is 4. The zero-order chi connectivity index (χ0) is 23.5. The molecule has 0 aliphatic heterocycles. The van der Waals surface area contributed by atoms with E-state index in [9.17, 15) is 9.59 Å². The van der Waals surface area contributed by atoms with Crippen molar-refractivity contribution in [2.45, 2.75) is 6.42 Å². The van der Waals surface area contributed by atoms with Crippen molar-refractivity contribution in [3.8, 4) is 23.0 Å². The number of para-hydroxylation sites is 1. The highest BCUT2D eigenvalue weighted by molar-refractivity contribution is 7.15. The van der Waals surface area contributed by atoms with Gasteiger partial charge in [-0.2, -0.15) is 14.6 Å². The molecule has 0 amide bonds. The van der Waals surface area contributed by atoms with Crippen LogP contribution in [0.15, 0.2) is 46.0 Å². The maximum atomic E-state index is 13.0. The minimum absolute atomic E-state index is 0.153. The smallest absolute Gasteiger partial charge is 0.296 e. The molecule has 2 heterocycles. The average Bonchev–Trinajstić information content (AvgIpc) is 3.12. The summed E-state index contributed by atoms with van der Waals surface area (Å²) in [6.45, 7) is 0. The van der Waals surface area contributed by atoms with Crippen LogP contribution in [-0.4, -0.2) is 43.0 Å². The summed E-state index contributed by atoms with van der Waals surface area (Å²) < 4.78 is 22.8. The molecule has 0 N–H and O–H groups in total. The summed E-state index contributed by atoms with van der Waals surface area (Å²) in [5, 5.41) is 4.30. The van der Waals surface area contributed by atoms with Crippen LogP contribution in [0.3, 0.4) is 0 Å². The third kappa shape index (κ3) is 4.24. The Hall–Kier alpha value is -3.92. The van der Waals surface area contributed by atoms with E-state index in [1.165, 1.54) is 14.2 Å². The van der Waals surface area contributed by atoms with Gasteiger partial charge in [-0.05, 0) is 29.8 Å². The number of methoxy groups -OCH3 is 4. The van der Waals surface area contributed by atoms with Gasteiger partial charge < -0.3 is 18.9 Å². The Morgan fingerprint density at radius 3 is 2.39 bits per heavy atom. The van der Waals surface area contributed by atoms with Crippen LogP contribution in [0.1, 0.15) is 16.8 Å². The Morgan fingerprint density at radius 2 is 1.70 bits per heavy atom. The van der Waals surface area contributed by atoms with Crippen LogP contribution in [-0.2, 0) is 6.42 Å². The highest BCUT2D eigenvalue weighted by Crippen LogP contribution is 2.31. The van der Waals surface area contributed by atoms with Gasteiger partial charge in [0.25, 0.3) is 11.1 Å². The summed E-state index contributed by atoms with van der Waals surface area (Å²) in [6.07, 6.45) is 1.86. The first-order chi connectivity index (χ1) is 16.0. The predicted octanol–water partition coefficient (Wildman–Crippen LogP) is 1.68. The Balaban J connectivity index is 1.78. The topological polar surface area (TPSA) is 101 Å². The first-order valence-electron chi connectivity index (χ1n) is 9.85. The van der Waals surface area contributed by atoms with Crippen LogP contribution < -0.4 is 34.6 Å². The van der Waals surface area contributed by atoms with Crippen LogP contribution in [0.5, 0.6) is 23.0 Å². The van der Waals surface area contributed by atoms with Crippen LogP contribution in [0.4, 0.5) is 0 Å². The third-order valence-corrected chi connectivity index (χ3v) is 5.95. The Kier molecular flexibility index (Phi) is 6.27. The van der Waals surface area contributed by atoms with E-state index < -0.39 is 5.56 Å². The summed E-state index contributed by atoms with van der Waals surface area (Å²) in [5.41, 5.74) is 0.723. The molecule has 0 aliphatic carbocycles. The minimum Gasteiger partial charge on any atom is -0.493 e. The second kappa shape index (κ2) is 9.29. The first kappa shape index (κ1) is 22.3. The summed E-state index contributed by atoms with van der Waals surface area (Å²) >= 11 is 1.08. The number of nitrogens with zero attached hydrogens (tertiary/aromatic N) is 3. The van der Waals surface area contributed by atoms with E-state index in [1.807, 2.05) is 0 Å². The van der Waals surface area contributed by atoms with Gasteiger partial charge in [0.15, 0.2) is 23.0 Å². The monoisotopic (exact) mass is 467 g/mol. The maximum absolute atomic E-state index is 13.0. The summed E-state index contributed by atoms with van der Waals surface area (Å²) in [5.74, 6) is 2.16. The number of rotatable bonds is 7. The van der Waals surface area contributed by atoms with Gasteiger partial charge >= 0.3 is 0 Å². The minimum atomic E-state index is -0.489. The molecule has 9 nitrogen and oxygen atoms in total. The van der Waals surface area contributed by atoms with Crippen molar-refractivity contribution in [3.05, 3.63) is 78.5 Å². The van der Waals surface area contributed by atoms with E-state index in [1.54, 1.807) is 56.7 Å². The lowest BCUT2D eigenvalue weighted by atomic mass is 10.1. The molecule has 0 saturated carbocycles. The maximum Gasteiger partial charge on any atom is 0.296 e. The zero-order valence-electron chi connectivity index (χ0n) is 18.4. The van der Waals surface area contributed by atoms with Gasteiger partial charge in [-0.25, -0.2) is 0 Å². The fourth-order valence-electron chi connectivity index (χ4n) is 3.40. The Bertz CT molecular complexity index is 1490. The standard InChI is InChI=1S/C23H21N3O6S/c1-29-16-9-8-13(11-18(16)31-3)10-15-21(27)24-23-26(25-15)22(28)19(33-23)12-14-6-5-7-17(30-2)20(14)32-4/h5-9,11-12H,10H2,1-4H3/b19-12-. The van der Waals surface area contributed by atoms with E-state index in [0.717, 1.165) is 21.4 Å². The van der Waals surface area contributed by atoms with Crippen molar-refractivity contribution in [2.75, 3.05) is 28.4 Å². The van der Waals surface area contributed by atoms with Gasteiger partial charge in [0.1, 0.15) is 5.69 Å². The third-order valence-electron chi connectivity index (χ3n) is 4.99. The van der Waals surface area contributed by atoms with E-state index >= 15 is 0 Å². The van der Waals surface area contributed by atoms with Gasteiger partial charge in [-0.1, -0.05) is 29.5 Å². The molecule has 0 spiro atoms. The highest BCUT2D eigenvalue weighted by Gasteiger charge is 2.14. The molecule has 33 heavy (non-hydrogen) atoms. The SMILES string of the molecule is COc1ccc(Cc2nn3c(=O)/c(=C/c4cccc(OC)c4OC)sc3nc2=O)cc1OC.